The number of hydrogen-bond acceptors (Lipinski definition) is 3. The first-order chi connectivity index (χ1) is 22.8. The summed E-state index contributed by atoms with van der Waals surface area (Å²) in [5.74, 6) is 1.97. The largest absolute Gasteiger partial charge is 0.208 e. The van der Waals surface area contributed by atoms with E-state index in [1.54, 1.807) is 0 Å². The molecule has 214 valence electrons. The van der Waals surface area contributed by atoms with Crippen molar-refractivity contribution in [3.63, 3.8) is 0 Å². The van der Waals surface area contributed by atoms with Crippen LogP contribution < -0.4 is 0 Å². The van der Waals surface area contributed by atoms with Crippen molar-refractivity contribution >= 4 is 43.1 Å². The summed E-state index contributed by atoms with van der Waals surface area (Å²) in [6, 6.07) is 57.5. The van der Waals surface area contributed by atoms with Crippen molar-refractivity contribution in [3.8, 4) is 45.3 Å². The fourth-order valence-corrected chi connectivity index (χ4v) is 6.67. The van der Waals surface area contributed by atoms with Gasteiger partial charge in [0.05, 0.1) is 0 Å². The molecule has 0 aliphatic carbocycles. The normalized spacial score (nSPS) is 11.5. The summed E-state index contributed by atoms with van der Waals surface area (Å²) in [6.07, 6.45) is 0. The Balaban J connectivity index is 1.28. The SMILES string of the molecule is c1ccc(-c2nc(-c3ccc(-c4cccc5ccccc45)cc3)nc(-c3c4ccccc4cc4c3ccc3ccccc34)n2)cc1. The van der Waals surface area contributed by atoms with E-state index >= 15 is 0 Å². The Morgan fingerprint density at radius 3 is 1.59 bits per heavy atom. The molecule has 0 aliphatic heterocycles. The molecule has 1 aromatic heterocycles. The molecule has 8 aromatic carbocycles. The Kier molecular flexibility index (Phi) is 6.14. The number of aromatic nitrogens is 3. The van der Waals surface area contributed by atoms with Gasteiger partial charge in [-0.15, -0.1) is 0 Å². The molecule has 0 bridgehead atoms. The monoisotopic (exact) mass is 585 g/mol. The summed E-state index contributed by atoms with van der Waals surface area (Å²) in [7, 11) is 0. The van der Waals surface area contributed by atoms with Gasteiger partial charge in [-0.2, -0.15) is 0 Å². The molecule has 0 unspecified atom stereocenters. The van der Waals surface area contributed by atoms with Crippen molar-refractivity contribution in [2.75, 3.05) is 0 Å². The molecule has 0 fully saturated rings. The molecule has 0 amide bonds. The lowest BCUT2D eigenvalue weighted by Gasteiger charge is -2.15. The average Bonchev–Trinajstić information content (AvgIpc) is 3.14. The second-order valence-electron chi connectivity index (χ2n) is 11.6. The van der Waals surface area contributed by atoms with Gasteiger partial charge >= 0.3 is 0 Å². The first-order valence-corrected chi connectivity index (χ1v) is 15.5. The summed E-state index contributed by atoms with van der Waals surface area (Å²) < 4.78 is 0. The Hall–Kier alpha value is -6.19. The van der Waals surface area contributed by atoms with Crippen molar-refractivity contribution in [2.24, 2.45) is 0 Å². The van der Waals surface area contributed by atoms with Crippen molar-refractivity contribution in [2.45, 2.75) is 0 Å². The van der Waals surface area contributed by atoms with Crippen LogP contribution in [-0.4, -0.2) is 15.0 Å². The van der Waals surface area contributed by atoms with Crippen molar-refractivity contribution in [1.82, 2.24) is 15.0 Å². The number of nitrogens with zero attached hydrogens (tertiary/aromatic N) is 3. The van der Waals surface area contributed by atoms with Crippen LogP contribution in [0.15, 0.2) is 164 Å². The van der Waals surface area contributed by atoms with Gasteiger partial charge in [0.25, 0.3) is 0 Å². The lowest BCUT2D eigenvalue weighted by Crippen LogP contribution is -2.01. The fourth-order valence-electron chi connectivity index (χ4n) is 6.67. The molecule has 9 rings (SSSR count). The average molecular weight is 586 g/mol. The summed E-state index contributed by atoms with van der Waals surface area (Å²) >= 11 is 0. The third-order valence-corrected chi connectivity index (χ3v) is 8.90. The van der Waals surface area contributed by atoms with Crippen LogP contribution in [0.5, 0.6) is 0 Å². The topological polar surface area (TPSA) is 38.7 Å². The van der Waals surface area contributed by atoms with Crippen LogP contribution in [0.4, 0.5) is 0 Å². The van der Waals surface area contributed by atoms with Gasteiger partial charge in [-0.05, 0) is 60.3 Å². The summed E-state index contributed by atoms with van der Waals surface area (Å²) in [5.41, 5.74) is 5.28. The standard InChI is InChI=1S/C43H27N3/c1-2-13-31(14-3-1)41-44-42(32-23-21-30(22-24-32)35-20-10-16-28-11-4-7-17-34(28)35)46-43(45-41)40-37-19-9-6-15-33(37)27-39-36-18-8-5-12-29(36)25-26-38(39)40/h1-27H. The maximum Gasteiger partial charge on any atom is 0.165 e. The molecule has 0 atom stereocenters. The first-order valence-electron chi connectivity index (χ1n) is 15.5. The zero-order chi connectivity index (χ0) is 30.5. The predicted octanol–water partition coefficient (Wildman–Crippen LogP) is 11.2. The molecule has 0 aliphatic rings. The van der Waals surface area contributed by atoms with Crippen LogP contribution in [0.25, 0.3) is 88.4 Å². The number of fused-ring (bicyclic) bond motifs is 5. The van der Waals surface area contributed by atoms with E-state index in [0.29, 0.717) is 17.5 Å². The van der Waals surface area contributed by atoms with Crippen molar-refractivity contribution in [3.05, 3.63) is 164 Å². The molecule has 9 aromatic rings. The van der Waals surface area contributed by atoms with E-state index in [1.165, 1.54) is 32.5 Å². The highest BCUT2D eigenvalue weighted by Crippen LogP contribution is 2.39. The number of rotatable bonds is 4. The van der Waals surface area contributed by atoms with E-state index in [2.05, 4.69) is 146 Å². The summed E-state index contributed by atoms with van der Waals surface area (Å²) in [5, 5.41) is 9.49. The molecule has 0 N–H and O–H groups in total. The van der Waals surface area contributed by atoms with Crippen LogP contribution in [0, 0.1) is 0 Å². The van der Waals surface area contributed by atoms with Crippen molar-refractivity contribution in [1.29, 1.82) is 0 Å². The molecule has 1 heterocycles. The molecule has 0 spiro atoms. The Morgan fingerprint density at radius 1 is 0.283 bits per heavy atom. The van der Waals surface area contributed by atoms with Gasteiger partial charge in [-0.3, -0.25) is 0 Å². The second-order valence-corrected chi connectivity index (χ2v) is 11.6. The summed E-state index contributed by atoms with van der Waals surface area (Å²) in [6.45, 7) is 0. The highest BCUT2D eigenvalue weighted by Gasteiger charge is 2.18. The van der Waals surface area contributed by atoms with Gasteiger partial charge < -0.3 is 0 Å². The van der Waals surface area contributed by atoms with Crippen LogP contribution >= 0.6 is 0 Å². The first kappa shape index (κ1) is 26.2. The quantitative estimate of drug-likeness (QED) is 0.152. The smallest absolute Gasteiger partial charge is 0.165 e. The Labute approximate surface area is 266 Å². The highest BCUT2D eigenvalue weighted by molar-refractivity contribution is 6.19. The van der Waals surface area contributed by atoms with E-state index in [-0.39, 0.29) is 0 Å². The Bertz CT molecular complexity index is 2570. The van der Waals surface area contributed by atoms with Gasteiger partial charge in [-0.25, -0.2) is 15.0 Å². The van der Waals surface area contributed by atoms with Gasteiger partial charge in [0.2, 0.25) is 0 Å². The maximum atomic E-state index is 5.21. The highest BCUT2D eigenvalue weighted by atomic mass is 15.0. The summed E-state index contributed by atoms with van der Waals surface area (Å²) in [4.78, 5) is 15.4. The molecule has 3 nitrogen and oxygen atoms in total. The minimum Gasteiger partial charge on any atom is -0.208 e. The van der Waals surface area contributed by atoms with Crippen LogP contribution in [0.1, 0.15) is 0 Å². The molecule has 0 radical (unpaired) electrons. The van der Waals surface area contributed by atoms with E-state index in [1.807, 2.05) is 18.2 Å². The molecule has 46 heavy (non-hydrogen) atoms. The third-order valence-electron chi connectivity index (χ3n) is 8.90. The molecular weight excluding hydrogens is 558 g/mol. The van der Waals surface area contributed by atoms with Crippen LogP contribution in [0.3, 0.4) is 0 Å². The van der Waals surface area contributed by atoms with Gasteiger partial charge in [0.1, 0.15) is 0 Å². The van der Waals surface area contributed by atoms with E-state index in [0.717, 1.165) is 38.4 Å². The predicted molar refractivity (Wildman–Crippen MR) is 192 cm³/mol. The van der Waals surface area contributed by atoms with Gasteiger partial charge in [0, 0.05) is 16.7 Å². The number of hydrogen-bond donors (Lipinski definition) is 0. The van der Waals surface area contributed by atoms with Crippen molar-refractivity contribution < 1.29 is 0 Å². The minimum atomic E-state index is 0.648. The lowest BCUT2D eigenvalue weighted by molar-refractivity contribution is 1.08. The van der Waals surface area contributed by atoms with Gasteiger partial charge in [-0.1, -0.05) is 158 Å². The molecule has 0 saturated heterocycles. The Morgan fingerprint density at radius 2 is 0.826 bits per heavy atom. The van der Waals surface area contributed by atoms with E-state index in [4.69, 9.17) is 15.0 Å². The zero-order valence-corrected chi connectivity index (χ0v) is 24.9. The maximum absolute atomic E-state index is 5.21. The third kappa shape index (κ3) is 4.41. The molecular formula is C43H27N3. The molecule has 3 heteroatoms. The fraction of sp³-hybridized carbons (Fsp3) is 0. The lowest BCUT2D eigenvalue weighted by atomic mass is 9.93. The second kappa shape index (κ2) is 10.8. The van der Waals surface area contributed by atoms with E-state index < -0.39 is 0 Å². The van der Waals surface area contributed by atoms with Crippen LogP contribution in [-0.2, 0) is 0 Å². The minimum absolute atomic E-state index is 0.648. The van der Waals surface area contributed by atoms with Crippen LogP contribution in [0.2, 0.25) is 0 Å². The number of benzene rings is 8. The molecule has 0 saturated carbocycles. The van der Waals surface area contributed by atoms with E-state index in [9.17, 15) is 0 Å². The van der Waals surface area contributed by atoms with Gasteiger partial charge in [0.15, 0.2) is 17.5 Å². The zero-order valence-electron chi connectivity index (χ0n) is 24.9.